The van der Waals surface area contributed by atoms with E-state index in [1.807, 2.05) is 0 Å². The Balaban J connectivity index is 2.11. The number of aryl methyl sites for hydroxylation is 1. The van der Waals surface area contributed by atoms with Gasteiger partial charge in [-0.05, 0) is 25.1 Å². The Bertz CT molecular complexity index is 868. The average Bonchev–Trinajstić information content (AvgIpc) is 3.00. The fourth-order valence-electron chi connectivity index (χ4n) is 2.32. The lowest BCUT2D eigenvalue weighted by Gasteiger charge is -2.28. The summed E-state index contributed by atoms with van der Waals surface area (Å²) in [7, 11) is 0. The first kappa shape index (κ1) is 20.7. The van der Waals surface area contributed by atoms with Crippen molar-refractivity contribution in [2.45, 2.75) is 25.1 Å². The molecule has 7 nitrogen and oxygen atoms in total. The zero-order chi connectivity index (χ0) is 20.4. The summed E-state index contributed by atoms with van der Waals surface area (Å²) >= 11 is 5.80. The maximum atomic E-state index is 13.3. The molecule has 2 N–H and O–H groups in total. The van der Waals surface area contributed by atoms with Gasteiger partial charge in [0.05, 0.1) is 15.5 Å². The molecule has 27 heavy (non-hydrogen) atoms. The highest BCUT2D eigenvalue weighted by atomic mass is 35.5. The number of furan rings is 1. The second kappa shape index (κ2) is 7.57. The molecule has 0 saturated carbocycles. The number of hydrogen-bond donors (Lipinski definition) is 2. The topological polar surface area (TPSA) is 106 Å². The molecule has 0 radical (unpaired) electrons. The van der Waals surface area contributed by atoms with Gasteiger partial charge >= 0.3 is 6.18 Å². The lowest BCUT2D eigenvalue weighted by molar-refractivity contribution is -0.384. The maximum Gasteiger partial charge on any atom is 0.424 e. The second-order valence-electron chi connectivity index (χ2n) is 5.70. The van der Waals surface area contributed by atoms with Crippen LogP contribution in [0, 0.1) is 17.0 Å². The minimum absolute atomic E-state index is 0.147. The highest BCUT2D eigenvalue weighted by Crippen LogP contribution is 2.42. The van der Waals surface area contributed by atoms with E-state index in [2.05, 4.69) is 5.32 Å². The normalized spacial score (nSPS) is 13.9. The largest absolute Gasteiger partial charge is 0.463 e. The Morgan fingerprint density at radius 2 is 2.00 bits per heavy atom. The second-order valence-corrected chi connectivity index (χ2v) is 6.10. The summed E-state index contributed by atoms with van der Waals surface area (Å²) < 4.78 is 44.9. The minimum atomic E-state index is -5.03. The minimum Gasteiger partial charge on any atom is -0.463 e. The van der Waals surface area contributed by atoms with E-state index in [9.17, 15) is 33.2 Å². The number of benzene rings is 1. The number of alkyl halides is 3. The molecule has 146 valence electrons. The predicted molar refractivity (Wildman–Crippen MR) is 88.5 cm³/mol. The molecule has 0 saturated heterocycles. The van der Waals surface area contributed by atoms with Gasteiger partial charge in [-0.2, -0.15) is 13.2 Å². The fraction of sp³-hybridized carbons (Fsp3) is 0.312. The molecule has 1 aromatic carbocycles. The first-order chi connectivity index (χ1) is 12.5. The van der Waals surface area contributed by atoms with Gasteiger partial charge in [0.15, 0.2) is 0 Å². The molecule has 0 aliphatic carbocycles. The number of carbonyl (C=O) groups is 1. The summed E-state index contributed by atoms with van der Waals surface area (Å²) in [5.74, 6) is -1.33. The lowest BCUT2D eigenvalue weighted by Crippen LogP contribution is -2.44. The van der Waals surface area contributed by atoms with Crippen LogP contribution in [0.2, 0.25) is 5.02 Å². The van der Waals surface area contributed by atoms with Crippen molar-refractivity contribution in [2.24, 2.45) is 0 Å². The predicted octanol–water partition coefficient (Wildman–Crippen LogP) is 3.72. The van der Waals surface area contributed by atoms with Crippen molar-refractivity contribution < 1.29 is 32.4 Å². The summed E-state index contributed by atoms with van der Waals surface area (Å²) in [6, 6.07) is 5.37. The van der Waals surface area contributed by atoms with Crippen molar-refractivity contribution in [1.82, 2.24) is 5.32 Å². The SMILES string of the molecule is Cc1ccc(C(O)(CCNC(=O)c2ccc([N+](=O)[O-])cc2Cl)C(F)(F)F)o1. The Kier molecular flexibility index (Phi) is 5.81. The van der Waals surface area contributed by atoms with Crippen molar-refractivity contribution in [3.63, 3.8) is 0 Å². The number of rotatable bonds is 6. The molecule has 0 aliphatic heterocycles. The molecule has 1 heterocycles. The van der Waals surface area contributed by atoms with E-state index in [4.69, 9.17) is 16.0 Å². The van der Waals surface area contributed by atoms with E-state index < -0.39 is 41.3 Å². The third kappa shape index (κ3) is 4.40. The molecule has 0 fully saturated rings. The number of nitro groups is 1. The molecular weight excluding hydrogens is 393 g/mol. The van der Waals surface area contributed by atoms with Crippen LogP contribution in [-0.4, -0.2) is 28.7 Å². The van der Waals surface area contributed by atoms with Crippen LogP contribution in [0.5, 0.6) is 0 Å². The Morgan fingerprint density at radius 3 is 2.48 bits per heavy atom. The standard InChI is InChI=1S/C16H14ClF3N2O5/c1-9-2-5-13(27-9)15(24,16(18,19)20)6-7-21-14(23)11-4-3-10(22(25)26)8-12(11)17/h2-5,8,24H,6-7H2,1H3,(H,21,23). The number of nitrogens with zero attached hydrogens (tertiary/aromatic N) is 1. The maximum absolute atomic E-state index is 13.3. The average molecular weight is 407 g/mol. The van der Waals surface area contributed by atoms with Crippen LogP contribution in [0.25, 0.3) is 0 Å². The van der Waals surface area contributed by atoms with Crippen molar-refractivity contribution >= 4 is 23.2 Å². The van der Waals surface area contributed by atoms with Gasteiger partial charge in [0.25, 0.3) is 11.6 Å². The van der Waals surface area contributed by atoms with Gasteiger partial charge in [-0.1, -0.05) is 11.6 Å². The Morgan fingerprint density at radius 1 is 1.33 bits per heavy atom. The summed E-state index contributed by atoms with van der Waals surface area (Å²) in [5, 5.41) is 22.7. The zero-order valence-electron chi connectivity index (χ0n) is 13.8. The van der Waals surface area contributed by atoms with Crippen molar-refractivity contribution in [1.29, 1.82) is 0 Å². The summed E-state index contributed by atoms with van der Waals surface area (Å²) in [5.41, 5.74) is -3.77. The van der Waals surface area contributed by atoms with Gasteiger partial charge < -0.3 is 14.8 Å². The van der Waals surface area contributed by atoms with Crippen LogP contribution in [0.3, 0.4) is 0 Å². The van der Waals surface area contributed by atoms with E-state index in [-0.39, 0.29) is 22.0 Å². The zero-order valence-corrected chi connectivity index (χ0v) is 14.6. The number of nitrogens with one attached hydrogen (secondary N) is 1. The summed E-state index contributed by atoms with van der Waals surface area (Å²) in [4.78, 5) is 22.0. The lowest BCUT2D eigenvalue weighted by atomic mass is 9.95. The number of nitro benzene ring substituents is 1. The summed E-state index contributed by atoms with van der Waals surface area (Å²) in [6.45, 7) is 0.876. The molecule has 11 heteroatoms. The molecule has 2 aromatic rings. The van der Waals surface area contributed by atoms with Crippen LogP contribution < -0.4 is 5.32 Å². The molecule has 0 bridgehead atoms. The monoisotopic (exact) mass is 406 g/mol. The third-order valence-corrected chi connectivity index (χ3v) is 4.11. The number of aliphatic hydroxyl groups is 1. The number of non-ortho nitro benzene ring substituents is 1. The number of amides is 1. The molecule has 1 unspecified atom stereocenters. The van der Waals surface area contributed by atoms with Crippen LogP contribution in [0.15, 0.2) is 34.7 Å². The van der Waals surface area contributed by atoms with Crippen LogP contribution in [0.4, 0.5) is 18.9 Å². The van der Waals surface area contributed by atoms with E-state index in [1.54, 1.807) is 0 Å². The van der Waals surface area contributed by atoms with E-state index in [1.165, 1.54) is 13.0 Å². The van der Waals surface area contributed by atoms with E-state index in [0.29, 0.717) is 0 Å². The molecule has 1 aromatic heterocycles. The van der Waals surface area contributed by atoms with Crippen LogP contribution >= 0.6 is 11.6 Å². The molecular formula is C16H14ClF3N2O5. The van der Waals surface area contributed by atoms with Gasteiger partial charge in [0, 0.05) is 25.1 Å². The van der Waals surface area contributed by atoms with Crippen molar-refractivity contribution in [3.05, 3.63) is 62.6 Å². The highest BCUT2D eigenvalue weighted by molar-refractivity contribution is 6.34. The molecule has 0 spiro atoms. The number of hydrogen-bond acceptors (Lipinski definition) is 5. The van der Waals surface area contributed by atoms with E-state index in [0.717, 1.165) is 24.3 Å². The molecule has 2 rings (SSSR count). The number of halogens is 4. The molecule has 1 atom stereocenters. The van der Waals surface area contributed by atoms with Gasteiger partial charge in [-0.3, -0.25) is 14.9 Å². The van der Waals surface area contributed by atoms with Crippen LogP contribution in [0.1, 0.15) is 28.3 Å². The van der Waals surface area contributed by atoms with Crippen LogP contribution in [-0.2, 0) is 5.60 Å². The van der Waals surface area contributed by atoms with E-state index >= 15 is 0 Å². The molecule has 0 aliphatic rings. The van der Waals surface area contributed by atoms with Crippen molar-refractivity contribution in [3.8, 4) is 0 Å². The highest BCUT2D eigenvalue weighted by Gasteiger charge is 2.56. The van der Waals surface area contributed by atoms with Crippen molar-refractivity contribution in [2.75, 3.05) is 6.54 Å². The third-order valence-electron chi connectivity index (χ3n) is 3.80. The molecule has 1 amide bonds. The van der Waals surface area contributed by atoms with Gasteiger partial charge in [-0.25, -0.2) is 0 Å². The fourth-order valence-corrected chi connectivity index (χ4v) is 2.58. The van der Waals surface area contributed by atoms with Gasteiger partial charge in [-0.15, -0.1) is 0 Å². The number of carbonyl (C=O) groups excluding carboxylic acids is 1. The first-order valence-electron chi connectivity index (χ1n) is 7.54. The first-order valence-corrected chi connectivity index (χ1v) is 7.91. The Hall–Kier alpha value is -2.59. The smallest absolute Gasteiger partial charge is 0.424 e. The quantitative estimate of drug-likeness (QED) is 0.561. The van der Waals surface area contributed by atoms with Gasteiger partial charge in [0.2, 0.25) is 5.60 Å². The Labute approximate surface area is 155 Å². The van der Waals surface area contributed by atoms with Gasteiger partial charge in [0.1, 0.15) is 11.5 Å². The summed E-state index contributed by atoms with van der Waals surface area (Å²) in [6.07, 6.45) is -5.94.